The number of hydrogen-bond acceptors (Lipinski definition) is 4. The molecule has 0 bridgehead atoms. The molecule has 0 saturated heterocycles. The van der Waals surface area contributed by atoms with Crippen molar-refractivity contribution < 1.29 is 0 Å². The van der Waals surface area contributed by atoms with Crippen LogP contribution < -0.4 is 16.2 Å². The van der Waals surface area contributed by atoms with Crippen LogP contribution in [0.2, 0.25) is 0 Å². The van der Waals surface area contributed by atoms with Gasteiger partial charge in [0.15, 0.2) is 5.82 Å². The SMILES string of the molecule is CC(C)n1ccnc(N(CCCN)c2ccccc2)c1=O. The van der Waals surface area contributed by atoms with E-state index in [2.05, 4.69) is 4.98 Å². The van der Waals surface area contributed by atoms with Crippen LogP contribution in [0, 0.1) is 0 Å². The maximum Gasteiger partial charge on any atom is 0.294 e. The van der Waals surface area contributed by atoms with Gasteiger partial charge in [-0.1, -0.05) is 18.2 Å². The topological polar surface area (TPSA) is 64.2 Å². The summed E-state index contributed by atoms with van der Waals surface area (Å²) in [6.45, 7) is 5.22. The zero-order valence-corrected chi connectivity index (χ0v) is 12.6. The molecule has 2 rings (SSSR count). The van der Waals surface area contributed by atoms with E-state index in [0.29, 0.717) is 18.9 Å². The number of nitrogens with two attached hydrogens (primary N) is 1. The lowest BCUT2D eigenvalue weighted by Gasteiger charge is -2.24. The fourth-order valence-corrected chi connectivity index (χ4v) is 2.22. The van der Waals surface area contributed by atoms with Gasteiger partial charge in [-0.25, -0.2) is 4.98 Å². The molecule has 0 aliphatic carbocycles. The quantitative estimate of drug-likeness (QED) is 0.885. The third kappa shape index (κ3) is 3.49. The first-order valence-corrected chi connectivity index (χ1v) is 7.25. The number of para-hydroxylation sites is 1. The number of hydrogen-bond donors (Lipinski definition) is 1. The first-order chi connectivity index (χ1) is 10.1. The van der Waals surface area contributed by atoms with Gasteiger partial charge in [-0.05, 0) is 38.9 Å². The van der Waals surface area contributed by atoms with Crippen LogP contribution in [-0.4, -0.2) is 22.6 Å². The van der Waals surface area contributed by atoms with Crippen molar-refractivity contribution in [3.63, 3.8) is 0 Å². The molecule has 1 aromatic heterocycles. The van der Waals surface area contributed by atoms with Crippen molar-refractivity contribution in [1.82, 2.24) is 9.55 Å². The smallest absolute Gasteiger partial charge is 0.294 e. The van der Waals surface area contributed by atoms with E-state index in [4.69, 9.17) is 5.73 Å². The zero-order valence-electron chi connectivity index (χ0n) is 12.6. The minimum atomic E-state index is -0.0756. The molecular weight excluding hydrogens is 264 g/mol. The van der Waals surface area contributed by atoms with Crippen LogP contribution in [0.15, 0.2) is 47.5 Å². The zero-order chi connectivity index (χ0) is 15.2. The fourth-order valence-electron chi connectivity index (χ4n) is 2.22. The number of nitrogens with zero attached hydrogens (tertiary/aromatic N) is 3. The number of anilines is 2. The molecule has 0 atom stereocenters. The van der Waals surface area contributed by atoms with Gasteiger partial charge in [-0.15, -0.1) is 0 Å². The van der Waals surface area contributed by atoms with Crippen LogP contribution in [0.4, 0.5) is 11.5 Å². The molecule has 0 spiro atoms. The third-order valence-corrected chi connectivity index (χ3v) is 3.32. The van der Waals surface area contributed by atoms with E-state index < -0.39 is 0 Å². The first kappa shape index (κ1) is 15.3. The van der Waals surface area contributed by atoms with Crippen molar-refractivity contribution in [2.24, 2.45) is 5.73 Å². The second kappa shape index (κ2) is 7.04. The van der Waals surface area contributed by atoms with Crippen molar-refractivity contribution in [1.29, 1.82) is 0 Å². The Hall–Kier alpha value is -2.14. The van der Waals surface area contributed by atoms with Gasteiger partial charge in [0.05, 0.1) is 0 Å². The highest BCUT2D eigenvalue weighted by atomic mass is 16.1. The molecular formula is C16H22N4O. The van der Waals surface area contributed by atoms with Gasteiger partial charge in [0.2, 0.25) is 0 Å². The molecule has 0 unspecified atom stereocenters. The first-order valence-electron chi connectivity index (χ1n) is 7.25. The molecule has 21 heavy (non-hydrogen) atoms. The summed E-state index contributed by atoms with van der Waals surface area (Å²) in [6.07, 6.45) is 4.20. The predicted octanol–water partition coefficient (Wildman–Crippen LogP) is 2.31. The van der Waals surface area contributed by atoms with Crippen LogP contribution in [0.25, 0.3) is 0 Å². The Balaban J connectivity index is 2.47. The van der Waals surface area contributed by atoms with Gasteiger partial charge in [-0.3, -0.25) is 4.79 Å². The van der Waals surface area contributed by atoms with E-state index >= 15 is 0 Å². The molecule has 0 amide bonds. The average Bonchev–Trinajstić information content (AvgIpc) is 2.50. The van der Waals surface area contributed by atoms with Crippen molar-refractivity contribution in [2.75, 3.05) is 18.0 Å². The lowest BCUT2D eigenvalue weighted by molar-refractivity contribution is 0.573. The molecule has 0 radical (unpaired) electrons. The van der Waals surface area contributed by atoms with Gasteiger partial charge in [0.25, 0.3) is 5.56 Å². The Bertz CT molecular complexity index is 622. The van der Waals surface area contributed by atoms with Gasteiger partial charge < -0.3 is 15.2 Å². The van der Waals surface area contributed by atoms with E-state index in [0.717, 1.165) is 12.1 Å². The van der Waals surface area contributed by atoms with Crippen molar-refractivity contribution in [2.45, 2.75) is 26.3 Å². The summed E-state index contributed by atoms with van der Waals surface area (Å²) in [5, 5.41) is 0. The molecule has 0 aliphatic rings. The van der Waals surface area contributed by atoms with E-state index in [-0.39, 0.29) is 11.6 Å². The Morgan fingerprint density at radius 2 is 2.00 bits per heavy atom. The average molecular weight is 286 g/mol. The lowest BCUT2D eigenvalue weighted by Crippen LogP contribution is -2.32. The monoisotopic (exact) mass is 286 g/mol. The summed E-state index contributed by atoms with van der Waals surface area (Å²) in [7, 11) is 0. The Morgan fingerprint density at radius 1 is 1.29 bits per heavy atom. The Labute approximate surface area is 125 Å². The second-order valence-corrected chi connectivity index (χ2v) is 5.19. The van der Waals surface area contributed by atoms with E-state index in [1.807, 2.05) is 49.1 Å². The van der Waals surface area contributed by atoms with Gasteiger partial charge in [-0.2, -0.15) is 0 Å². The summed E-state index contributed by atoms with van der Waals surface area (Å²) < 4.78 is 1.70. The van der Waals surface area contributed by atoms with Gasteiger partial charge in [0, 0.05) is 30.7 Å². The molecule has 5 nitrogen and oxygen atoms in total. The van der Waals surface area contributed by atoms with Crippen LogP contribution in [-0.2, 0) is 0 Å². The maximum absolute atomic E-state index is 12.6. The van der Waals surface area contributed by atoms with Crippen molar-refractivity contribution in [3.05, 3.63) is 53.1 Å². The fraction of sp³-hybridized carbons (Fsp3) is 0.375. The standard InChI is InChI=1S/C16H22N4O/c1-13(2)19-12-10-18-15(16(19)21)20(11-6-9-17)14-7-4-3-5-8-14/h3-5,7-8,10,12-13H,6,9,11,17H2,1-2H3. The summed E-state index contributed by atoms with van der Waals surface area (Å²) in [6, 6.07) is 9.92. The molecule has 1 heterocycles. The number of benzene rings is 1. The molecule has 112 valence electrons. The minimum Gasteiger partial charge on any atom is -0.330 e. The molecule has 2 N–H and O–H groups in total. The molecule has 5 heteroatoms. The third-order valence-electron chi connectivity index (χ3n) is 3.32. The Kier molecular flexibility index (Phi) is 5.11. The van der Waals surface area contributed by atoms with Crippen LogP contribution in [0.1, 0.15) is 26.3 Å². The summed E-state index contributed by atoms with van der Waals surface area (Å²) in [5.41, 5.74) is 6.50. The van der Waals surface area contributed by atoms with E-state index in [1.165, 1.54) is 0 Å². The second-order valence-electron chi connectivity index (χ2n) is 5.19. The molecule has 2 aromatic rings. The molecule has 0 fully saturated rings. The van der Waals surface area contributed by atoms with Crippen LogP contribution >= 0.6 is 0 Å². The number of rotatable bonds is 6. The summed E-state index contributed by atoms with van der Waals surface area (Å²) in [4.78, 5) is 18.9. The van der Waals surface area contributed by atoms with E-state index in [9.17, 15) is 4.79 Å². The highest BCUT2D eigenvalue weighted by Crippen LogP contribution is 2.20. The predicted molar refractivity (Wildman–Crippen MR) is 86.0 cm³/mol. The largest absolute Gasteiger partial charge is 0.330 e. The number of aromatic nitrogens is 2. The van der Waals surface area contributed by atoms with Gasteiger partial charge >= 0.3 is 0 Å². The van der Waals surface area contributed by atoms with E-state index in [1.54, 1.807) is 17.0 Å². The normalized spacial score (nSPS) is 10.9. The summed E-state index contributed by atoms with van der Waals surface area (Å²) in [5.74, 6) is 0.450. The van der Waals surface area contributed by atoms with Gasteiger partial charge in [0.1, 0.15) is 0 Å². The highest BCUT2D eigenvalue weighted by molar-refractivity contribution is 5.58. The minimum absolute atomic E-state index is 0.0756. The van der Waals surface area contributed by atoms with Crippen LogP contribution in [0.5, 0.6) is 0 Å². The lowest BCUT2D eigenvalue weighted by atomic mass is 10.2. The summed E-state index contributed by atoms with van der Waals surface area (Å²) >= 11 is 0. The Morgan fingerprint density at radius 3 is 2.62 bits per heavy atom. The van der Waals surface area contributed by atoms with Crippen molar-refractivity contribution in [3.8, 4) is 0 Å². The molecule has 0 aliphatic heterocycles. The van der Waals surface area contributed by atoms with Crippen LogP contribution in [0.3, 0.4) is 0 Å². The van der Waals surface area contributed by atoms with Crippen molar-refractivity contribution >= 4 is 11.5 Å². The maximum atomic E-state index is 12.6. The highest BCUT2D eigenvalue weighted by Gasteiger charge is 2.16. The molecule has 0 saturated carbocycles. The molecule has 1 aromatic carbocycles.